The third-order valence-corrected chi connectivity index (χ3v) is 5.19. The molecule has 0 bridgehead atoms. The molecule has 1 amide bonds. The van der Waals surface area contributed by atoms with Crippen molar-refractivity contribution in [2.24, 2.45) is 0 Å². The van der Waals surface area contributed by atoms with Gasteiger partial charge >= 0.3 is 0 Å². The van der Waals surface area contributed by atoms with Gasteiger partial charge in [-0.25, -0.2) is 9.97 Å². The maximum Gasteiger partial charge on any atom is 0.228 e. The lowest BCUT2D eigenvalue weighted by Gasteiger charge is -2.10. The normalized spacial score (nSPS) is 10.8. The van der Waals surface area contributed by atoms with E-state index in [1.165, 1.54) is 0 Å². The van der Waals surface area contributed by atoms with Crippen molar-refractivity contribution in [3.8, 4) is 17.4 Å². The number of amides is 1. The predicted molar refractivity (Wildman–Crippen MR) is 124 cm³/mol. The number of anilines is 1. The first-order valence-electron chi connectivity index (χ1n) is 10.1. The SMILES string of the molecule is Cc1nc(Oc2ccc(NC(=O)Cc3ccc(Cl)cc3)cc2)cc(-n2cnc(C)c2C)n1. The Kier molecular flexibility index (Phi) is 6.18. The first kappa shape index (κ1) is 21.5. The summed E-state index contributed by atoms with van der Waals surface area (Å²) in [6.07, 6.45) is 2.00. The molecule has 2 aromatic heterocycles. The summed E-state index contributed by atoms with van der Waals surface area (Å²) < 4.78 is 7.82. The Morgan fingerprint density at radius 3 is 2.41 bits per heavy atom. The van der Waals surface area contributed by atoms with Crippen LogP contribution in [0.4, 0.5) is 5.69 Å². The zero-order valence-corrected chi connectivity index (χ0v) is 18.7. The molecule has 2 aromatic carbocycles. The highest BCUT2D eigenvalue weighted by molar-refractivity contribution is 6.30. The molecule has 1 N–H and O–H groups in total. The number of nitrogens with one attached hydrogen (secondary N) is 1. The van der Waals surface area contributed by atoms with Gasteiger partial charge in [0, 0.05) is 22.5 Å². The van der Waals surface area contributed by atoms with E-state index < -0.39 is 0 Å². The summed E-state index contributed by atoms with van der Waals surface area (Å²) in [6.45, 7) is 5.75. The molecule has 7 nitrogen and oxygen atoms in total. The Labute approximate surface area is 191 Å². The van der Waals surface area contributed by atoms with Crippen LogP contribution in [0.2, 0.25) is 5.02 Å². The van der Waals surface area contributed by atoms with Gasteiger partial charge in [0.2, 0.25) is 11.8 Å². The summed E-state index contributed by atoms with van der Waals surface area (Å²) in [5.74, 6) is 2.20. The smallest absolute Gasteiger partial charge is 0.228 e. The highest BCUT2D eigenvalue weighted by atomic mass is 35.5. The average molecular weight is 448 g/mol. The van der Waals surface area contributed by atoms with Gasteiger partial charge in [0.05, 0.1) is 12.1 Å². The van der Waals surface area contributed by atoms with Crippen LogP contribution in [0.5, 0.6) is 11.6 Å². The van der Waals surface area contributed by atoms with E-state index in [1.807, 2.05) is 37.5 Å². The molecule has 0 unspecified atom stereocenters. The van der Waals surface area contributed by atoms with E-state index in [4.69, 9.17) is 16.3 Å². The van der Waals surface area contributed by atoms with Gasteiger partial charge in [0.15, 0.2) is 0 Å². The first-order valence-corrected chi connectivity index (χ1v) is 10.4. The van der Waals surface area contributed by atoms with Crippen LogP contribution < -0.4 is 10.1 Å². The van der Waals surface area contributed by atoms with Crippen LogP contribution in [0.15, 0.2) is 60.9 Å². The minimum Gasteiger partial charge on any atom is -0.439 e. The molecule has 2 heterocycles. The zero-order chi connectivity index (χ0) is 22.7. The summed E-state index contributed by atoms with van der Waals surface area (Å²) >= 11 is 5.88. The number of aromatic nitrogens is 4. The van der Waals surface area contributed by atoms with Crippen molar-refractivity contribution in [1.82, 2.24) is 19.5 Å². The average Bonchev–Trinajstić information content (AvgIpc) is 3.09. The fraction of sp³-hybridized carbons (Fsp3) is 0.167. The monoisotopic (exact) mass is 447 g/mol. The molecule has 8 heteroatoms. The summed E-state index contributed by atoms with van der Waals surface area (Å²) in [5, 5.41) is 3.53. The third kappa shape index (κ3) is 5.12. The fourth-order valence-electron chi connectivity index (χ4n) is 3.15. The topological polar surface area (TPSA) is 81.9 Å². The van der Waals surface area contributed by atoms with Crippen LogP contribution >= 0.6 is 11.6 Å². The molecule has 162 valence electrons. The minimum atomic E-state index is -0.108. The second-order valence-corrected chi connectivity index (χ2v) is 7.81. The largest absolute Gasteiger partial charge is 0.439 e. The summed E-state index contributed by atoms with van der Waals surface area (Å²) in [5.41, 5.74) is 3.52. The van der Waals surface area contributed by atoms with E-state index in [0.29, 0.717) is 34.0 Å². The Hall–Kier alpha value is -3.71. The van der Waals surface area contributed by atoms with Gasteiger partial charge in [-0.15, -0.1) is 0 Å². The number of benzene rings is 2. The van der Waals surface area contributed by atoms with Gasteiger partial charge in [-0.3, -0.25) is 9.36 Å². The van der Waals surface area contributed by atoms with Crippen LogP contribution in [0.3, 0.4) is 0 Å². The number of carbonyl (C=O) groups is 1. The number of carbonyl (C=O) groups excluding carboxylic acids is 1. The zero-order valence-electron chi connectivity index (χ0n) is 18.0. The van der Waals surface area contributed by atoms with Gasteiger partial charge in [0.25, 0.3) is 0 Å². The van der Waals surface area contributed by atoms with Crippen molar-refractivity contribution in [2.45, 2.75) is 27.2 Å². The molecule has 0 fully saturated rings. The van der Waals surface area contributed by atoms with Crippen LogP contribution in [0.25, 0.3) is 5.82 Å². The lowest BCUT2D eigenvalue weighted by Crippen LogP contribution is -2.14. The highest BCUT2D eigenvalue weighted by Gasteiger charge is 2.10. The molecule has 4 aromatic rings. The molecule has 0 aliphatic heterocycles. The lowest BCUT2D eigenvalue weighted by atomic mass is 10.1. The Bertz CT molecular complexity index is 1250. The molecular weight excluding hydrogens is 426 g/mol. The highest BCUT2D eigenvalue weighted by Crippen LogP contribution is 2.24. The maximum absolute atomic E-state index is 12.3. The standard InChI is InChI=1S/C24H22ClN5O2/c1-15-16(2)30(14-26-15)22-13-24(28-17(3)27-22)32-21-10-8-20(9-11-21)29-23(31)12-18-4-6-19(25)7-5-18/h4-11,13-14H,12H2,1-3H3,(H,29,31). The molecule has 0 atom stereocenters. The first-order chi connectivity index (χ1) is 15.4. The van der Waals surface area contributed by atoms with E-state index in [9.17, 15) is 4.79 Å². The second-order valence-electron chi connectivity index (χ2n) is 7.37. The van der Waals surface area contributed by atoms with E-state index in [1.54, 1.807) is 48.8 Å². The molecular formula is C24H22ClN5O2. The number of nitrogens with zero attached hydrogens (tertiary/aromatic N) is 4. The molecule has 0 saturated heterocycles. The van der Waals surface area contributed by atoms with Crippen molar-refractivity contribution < 1.29 is 9.53 Å². The molecule has 32 heavy (non-hydrogen) atoms. The van der Waals surface area contributed by atoms with Gasteiger partial charge in [-0.2, -0.15) is 4.98 Å². The summed E-state index contributed by atoms with van der Waals surface area (Å²) in [4.78, 5) is 25.5. The van der Waals surface area contributed by atoms with Gasteiger partial charge in [-0.1, -0.05) is 23.7 Å². The second kappa shape index (κ2) is 9.20. The number of halogens is 1. The van der Waals surface area contributed by atoms with Crippen LogP contribution in [0.1, 0.15) is 22.8 Å². The lowest BCUT2D eigenvalue weighted by molar-refractivity contribution is -0.115. The third-order valence-electron chi connectivity index (χ3n) is 4.94. The van der Waals surface area contributed by atoms with Crippen molar-refractivity contribution in [3.05, 3.63) is 88.7 Å². The van der Waals surface area contributed by atoms with Crippen LogP contribution in [0, 0.1) is 20.8 Å². The fourth-order valence-corrected chi connectivity index (χ4v) is 3.28. The molecule has 0 aliphatic carbocycles. The number of hydrogen-bond donors (Lipinski definition) is 1. The van der Waals surface area contributed by atoms with E-state index >= 15 is 0 Å². The minimum absolute atomic E-state index is 0.108. The van der Waals surface area contributed by atoms with Crippen molar-refractivity contribution in [2.75, 3.05) is 5.32 Å². The Balaban J connectivity index is 1.43. The quantitative estimate of drug-likeness (QED) is 0.438. The number of aryl methyl sites for hydroxylation is 2. The van der Waals surface area contributed by atoms with Crippen molar-refractivity contribution in [1.29, 1.82) is 0 Å². The Morgan fingerprint density at radius 2 is 1.75 bits per heavy atom. The Morgan fingerprint density at radius 1 is 1.03 bits per heavy atom. The van der Waals surface area contributed by atoms with E-state index in [2.05, 4.69) is 20.3 Å². The van der Waals surface area contributed by atoms with E-state index in [0.717, 1.165) is 17.0 Å². The molecule has 0 spiro atoms. The van der Waals surface area contributed by atoms with Gasteiger partial charge in [0.1, 0.15) is 23.7 Å². The predicted octanol–water partition coefficient (Wildman–Crippen LogP) is 5.21. The molecule has 0 saturated carbocycles. The number of rotatable bonds is 6. The van der Waals surface area contributed by atoms with Gasteiger partial charge in [-0.05, 0) is 62.7 Å². The van der Waals surface area contributed by atoms with Crippen molar-refractivity contribution in [3.63, 3.8) is 0 Å². The summed E-state index contributed by atoms with van der Waals surface area (Å²) in [6, 6.07) is 16.1. The maximum atomic E-state index is 12.3. The molecule has 0 aliphatic rings. The van der Waals surface area contributed by atoms with E-state index in [-0.39, 0.29) is 12.3 Å². The molecule has 0 radical (unpaired) electrons. The van der Waals surface area contributed by atoms with Gasteiger partial charge < -0.3 is 10.1 Å². The summed E-state index contributed by atoms with van der Waals surface area (Å²) in [7, 11) is 0. The number of imidazole rings is 1. The number of hydrogen-bond acceptors (Lipinski definition) is 5. The van der Waals surface area contributed by atoms with Crippen LogP contribution in [-0.2, 0) is 11.2 Å². The number of ether oxygens (including phenoxy) is 1. The molecule has 4 rings (SSSR count). The van der Waals surface area contributed by atoms with Crippen molar-refractivity contribution >= 4 is 23.2 Å². The van der Waals surface area contributed by atoms with Crippen LogP contribution in [-0.4, -0.2) is 25.4 Å².